The number of benzene rings is 1. The SMILES string of the molecule is Cc1cc(C(=O)N2CCc3ccccc32)c(C)n1C1CCCCC1. The number of anilines is 1. The Bertz CT molecular complexity index is 768. The Hall–Kier alpha value is -2.03. The van der Waals surface area contributed by atoms with Gasteiger partial charge in [-0.05, 0) is 50.8 Å². The minimum absolute atomic E-state index is 0.162. The largest absolute Gasteiger partial charge is 0.345 e. The molecule has 126 valence electrons. The fourth-order valence-corrected chi connectivity index (χ4v) is 4.59. The Labute approximate surface area is 144 Å². The molecule has 3 heteroatoms. The lowest BCUT2D eigenvalue weighted by Gasteiger charge is -2.26. The molecule has 1 aromatic carbocycles. The van der Waals surface area contributed by atoms with Crippen molar-refractivity contribution < 1.29 is 4.79 Å². The smallest absolute Gasteiger partial charge is 0.260 e. The van der Waals surface area contributed by atoms with Gasteiger partial charge in [-0.15, -0.1) is 0 Å². The van der Waals surface area contributed by atoms with Crippen LogP contribution in [0.4, 0.5) is 5.69 Å². The Kier molecular flexibility index (Phi) is 3.95. The molecule has 3 nitrogen and oxygen atoms in total. The number of amides is 1. The first-order valence-electron chi connectivity index (χ1n) is 9.25. The molecule has 1 aliphatic heterocycles. The van der Waals surface area contributed by atoms with Crippen LogP contribution in [-0.2, 0) is 6.42 Å². The molecule has 1 fully saturated rings. The molecule has 0 atom stereocenters. The van der Waals surface area contributed by atoms with Crippen LogP contribution < -0.4 is 4.90 Å². The predicted octanol–water partition coefficient (Wildman–Crippen LogP) is 4.81. The average molecular weight is 322 g/mol. The van der Waals surface area contributed by atoms with E-state index in [9.17, 15) is 4.79 Å². The molecule has 1 aromatic heterocycles. The van der Waals surface area contributed by atoms with Crippen LogP contribution >= 0.6 is 0 Å². The van der Waals surface area contributed by atoms with E-state index in [1.165, 1.54) is 43.4 Å². The monoisotopic (exact) mass is 322 g/mol. The summed E-state index contributed by atoms with van der Waals surface area (Å²) in [4.78, 5) is 15.2. The Morgan fingerprint density at radius 3 is 2.62 bits per heavy atom. The van der Waals surface area contributed by atoms with Gasteiger partial charge < -0.3 is 9.47 Å². The van der Waals surface area contributed by atoms with E-state index in [1.54, 1.807) is 0 Å². The number of carbonyl (C=O) groups excluding carboxylic acids is 1. The zero-order chi connectivity index (χ0) is 16.7. The van der Waals surface area contributed by atoms with Gasteiger partial charge in [0.1, 0.15) is 0 Å². The lowest BCUT2D eigenvalue weighted by Crippen LogP contribution is -2.29. The van der Waals surface area contributed by atoms with Gasteiger partial charge in [0.25, 0.3) is 5.91 Å². The summed E-state index contributed by atoms with van der Waals surface area (Å²) in [6.45, 7) is 5.07. The molecule has 0 unspecified atom stereocenters. The van der Waals surface area contributed by atoms with E-state index in [0.717, 1.165) is 29.9 Å². The summed E-state index contributed by atoms with van der Waals surface area (Å²) >= 11 is 0. The van der Waals surface area contributed by atoms with Crippen LogP contribution in [0.5, 0.6) is 0 Å². The summed E-state index contributed by atoms with van der Waals surface area (Å²) in [6, 6.07) is 11.0. The molecular weight excluding hydrogens is 296 g/mol. The molecule has 0 bridgehead atoms. The van der Waals surface area contributed by atoms with Crippen LogP contribution in [0.25, 0.3) is 0 Å². The highest BCUT2D eigenvalue weighted by atomic mass is 16.2. The molecule has 0 spiro atoms. The maximum absolute atomic E-state index is 13.2. The van der Waals surface area contributed by atoms with Crippen molar-refractivity contribution in [2.75, 3.05) is 11.4 Å². The maximum atomic E-state index is 13.2. The molecule has 0 radical (unpaired) electrons. The molecule has 1 saturated carbocycles. The minimum Gasteiger partial charge on any atom is -0.345 e. The van der Waals surface area contributed by atoms with Crippen molar-refractivity contribution in [1.82, 2.24) is 4.57 Å². The first-order chi connectivity index (χ1) is 11.7. The van der Waals surface area contributed by atoms with Crippen molar-refractivity contribution in [1.29, 1.82) is 0 Å². The summed E-state index contributed by atoms with van der Waals surface area (Å²) < 4.78 is 2.42. The highest BCUT2D eigenvalue weighted by molar-refractivity contribution is 6.08. The van der Waals surface area contributed by atoms with Gasteiger partial charge in [0.2, 0.25) is 0 Å². The lowest BCUT2D eigenvalue weighted by molar-refractivity contribution is 0.0988. The van der Waals surface area contributed by atoms with Crippen LogP contribution in [0.1, 0.15) is 65.5 Å². The summed E-state index contributed by atoms with van der Waals surface area (Å²) in [5.41, 5.74) is 5.63. The molecule has 24 heavy (non-hydrogen) atoms. The number of nitrogens with zero attached hydrogens (tertiary/aromatic N) is 2. The first-order valence-corrected chi connectivity index (χ1v) is 9.25. The van der Waals surface area contributed by atoms with Crippen molar-refractivity contribution in [2.24, 2.45) is 0 Å². The van der Waals surface area contributed by atoms with Crippen molar-refractivity contribution >= 4 is 11.6 Å². The van der Waals surface area contributed by atoms with E-state index in [1.807, 2.05) is 11.0 Å². The summed E-state index contributed by atoms with van der Waals surface area (Å²) in [7, 11) is 0. The fraction of sp³-hybridized carbons (Fsp3) is 0.476. The van der Waals surface area contributed by atoms with E-state index in [-0.39, 0.29) is 5.91 Å². The maximum Gasteiger partial charge on any atom is 0.260 e. The van der Waals surface area contributed by atoms with Gasteiger partial charge in [0.15, 0.2) is 0 Å². The molecule has 0 N–H and O–H groups in total. The zero-order valence-corrected chi connectivity index (χ0v) is 14.7. The second-order valence-electron chi connectivity index (χ2n) is 7.28. The molecule has 2 aliphatic rings. The van der Waals surface area contributed by atoms with Gasteiger partial charge in [0, 0.05) is 29.7 Å². The van der Waals surface area contributed by atoms with Crippen LogP contribution in [0, 0.1) is 13.8 Å². The van der Waals surface area contributed by atoms with Gasteiger partial charge in [-0.25, -0.2) is 0 Å². The third-order valence-electron chi connectivity index (χ3n) is 5.79. The lowest BCUT2D eigenvalue weighted by atomic mass is 9.95. The Morgan fingerprint density at radius 1 is 1.08 bits per heavy atom. The van der Waals surface area contributed by atoms with E-state index in [0.29, 0.717) is 6.04 Å². The van der Waals surface area contributed by atoms with E-state index >= 15 is 0 Å². The highest BCUT2D eigenvalue weighted by Gasteiger charge is 2.29. The van der Waals surface area contributed by atoms with Crippen molar-refractivity contribution in [3.05, 3.63) is 52.8 Å². The average Bonchev–Trinajstić information content (AvgIpc) is 3.16. The number of rotatable bonds is 2. The normalized spacial score (nSPS) is 18.0. The second-order valence-corrected chi connectivity index (χ2v) is 7.28. The molecule has 2 heterocycles. The minimum atomic E-state index is 0.162. The van der Waals surface area contributed by atoms with E-state index in [4.69, 9.17) is 0 Å². The summed E-state index contributed by atoms with van der Waals surface area (Å²) in [6.07, 6.45) is 7.43. The fourth-order valence-electron chi connectivity index (χ4n) is 4.59. The van der Waals surface area contributed by atoms with Crippen LogP contribution in [0.3, 0.4) is 0 Å². The van der Waals surface area contributed by atoms with Gasteiger partial charge in [0.05, 0.1) is 5.56 Å². The number of hydrogen-bond acceptors (Lipinski definition) is 1. The first kappa shape index (κ1) is 15.5. The highest BCUT2D eigenvalue weighted by Crippen LogP contribution is 2.34. The summed E-state index contributed by atoms with van der Waals surface area (Å²) in [5.74, 6) is 0.162. The molecule has 1 aliphatic carbocycles. The number of aromatic nitrogens is 1. The number of carbonyl (C=O) groups is 1. The van der Waals surface area contributed by atoms with Crippen LogP contribution in [0.2, 0.25) is 0 Å². The topological polar surface area (TPSA) is 25.2 Å². The van der Waals surface area contributed by atoms with E-state index < -0.39 is 0 Å². The third kappa shape index (κ3) is 2.47. The molecule has 4 rings (SSSR count). The van der Waals surface area contributed by atoms with Crippen molar-refractivity contribution in [2.45, 2.75) is 58.4 Å². The Balaban J connectivity index is 1.66. The second kappa shape index (κ2) is 6.12. The molecule has 2 aromatic rings. The number of aryl methyl sites for hydroxylation is 1. The molecule has 0 saturated heterocycles. The van der Waals surface area contributed by atoms with Crippen LogP contribution in [-0.4, -0.2) is 17.0 Å². The van der Waals surface area contributed by atoms with Gasteiger partial charge in [-0.2, -0.15) is 0 Å². The van der Waals surface area contributed by atoms with Gasteiger partial charge in [-0.1, -0.05) is 37.5 Å². The molecular formula is C21H26N2O. The quantitative estimate of drug-likeness (QED) is 0.778. The third-order valence-corrected chi connectivity index (χ3v) is 5.79. The zero-order valence-electron chi connectivity index (χ0n) is 14.7. The number of hydrogen-bond donors (Lipinski definition) is 0. The van der Waals surface area contributed by atoms with Crippen molar-refractivity contribution in [3.8, 4) is 0 Å². The van der Waals surface area contributed by atoms with Crippen molar-refractivity contribution in [3.63, 3.8) is 0 Å². The van der Waals surface area contributed by atoms with Gasteiger partial charge in [-0.3, -0.25) is 4.79 Å². The standard InChI is InChI=1S/C21H26N2O/c1-15-14-19(16(2)23(15)18-9-4-3-5-10-18)21(24)22-13-12-17-8-6-7-11-20(17)22/h6-8,11,14,18H,3-5,9-10,12-13H2,1-2H3. The van der Waals surface area contributed by atoms with Crippen LogP contribution in [0.15, 0.2) is 30.3 Å². The summed E-state index contributed by atoms with van der Waals surface area (Å²) in [5, 5.41) is 0. The predicted molar refractivity (Wildman–Crippen MR) is 97.9 cm³/mol. The molecule has 1 amide bonds. The number of para-hydroxylation sites is 1. The Morgan fingerprint density at radius 2 is 1.83 bits per heavy atom. The number of fused-ring (bicyclic) bond motifs is 1. The van der Waals surface area contributed by atoms with Gasteiger partial charge >= 0.3 is 0 Å². The van der Waals surface area contributed by atoms with E-state index in [2.05, 4.69) is 42.7 Å².